The average Bonchev–Trinajstić information content (AvgIpc) is 2.92. The molecule has 1 fully saturated rings. The molecule has 194 valence electrons. The first kappa shape index (κ1) is 25.0. The fraction of sp³-hybridized carbons (Fsp3) is 0.379. The Hall–Kier alpha value is -3.62. The van der Waals surface area contributed by atoms with Crippen LogP contribution in [0.4, 0.5) is 11.4 Å². The molecule has 0 radical (unpaired) electrons. The second kappa shape index (κ2) is 11.6. The number of nitrogens with zero attached hydrogens (tertiary/aromatic N) is 2. The van der Waals surface area contributed by atoms with Crippen molar-refractivity contribution in [3.63, 3.8) is 0 Å². The van der Waals surface area contributed by atoms with Crippen molar-refractivity contribution >= 4 is 17.3 Å². The third-order valence-electron chi connectivity index (χ3n) is 6.53. The smallest absolute Gasteiger partial charge is 0.223 e. The average molecular weight is 503 g/mol. The summed E-state index contributed by atoms with van der Waals surface area (Å²) in [6.45, 7) is 2.92. The maximum Gasteiger partial charge on any atom is 0.223 e. The van der Waals surface area contributed by atoms with Gasteiger partial charge < -0.3 is 29.7 Å². The van der Waals surface area contributed by atoms with Crippen LogP contribution in [0.1, 0.15) is 18.4 Å². The van der Waals surface area contributed by atoms with Crippen LogP contribution in [-0.2, 0) is 16.1 Å². The molecule has 2 N–H and O–H groups in total. The molecular formula is C29H34N4O4. The molecule has 1 unspecified atom stereocenters. The maximum absolute atomic E-state index is 12.6. The van der Waals surface area contributed by atoms with Crippen LogP contribution < -0.4 is 20.1 Å². The monoisotopic (exact) mass is 502 g/mol. The van der Waals surface area contributed by atoms with E-state index in [0.717, 1.165) is 42.0 Å². The summed E-state index contributed by atoms with van der Waals surface area (Å²) in [5, 5.41) is 6.53. The molecule has 37 heavy (non-hydrogen) atoms. The van der Waals surface area contributed by atoms with Crippen LogP contribution in [0.15, 0.2) is 60.8 Å². The fourth-order valence-corrected chi connectivity index (χ4v) is 4.69. The fourth-order valence-electron chi connectivity index (χ4n) is 4.69. The van der Waals surface area contributed by atoms with Gasteiger partial charge >= 0.3 is 0 Å². The van der Waals surface area contributed by atoms with Crippen LogP contribution in [0, 0.1) is 5.92 Å². The summed E-state index contributed by atoms with van der Waals surface area (Å²) in [5.41, 5.74) is 4.82. The molecule has 0 aliphatic carbocycles. The van der Waals surface area contributed by atoms with Gasteiger partial charge in [0, 0.05) is 48.8 Å². The number of carbonyl (C=O) groups excluding carboxylic acids is 1. The Balaban J connectivity index is 1.29. The van der Waals surface area contributed by atoms with Crippen LogP contribution in [0.3, 0.4) is 0 Å². The largest absolute Gasteiger partial charge is 0.486 e. The van der Waals surface area contributed by atoms with E-state index in [1.165, 1.54) is 5.56 Å². The van der Waals surface area contributed by atoms with Gasteiger partial charge in [0.25, 0.3) is 0 Å². The predicted molar refractivity (Wildman–Crippen MR) is 143 cm³/mol. The molecule has 1 saturated heterocycles. The Morgan fingerprint density at radius 1 is 1.05 bits per heavy atom. The van der Waals surface area contributed by atoms with E-state index in [1.807, 2.05) is 30.3 Å². The second-order valence-corrected chi connectivity index (χ2v) is 9.81. The van der Waals surface area contributed by atoms with Gasteiger partial charge in [-0.05, 0) is 68.9 Å². The number of para-hydroxylation sites is 1. The van der Waals surface area contributed by atoms with Crippen LogP contribution >= 0.6 is 0 Å². The minimum atomic E-state index is -0.279. The topological polar surface area (TPSA) is 85.0 Å². The van der Waals surface area contributed by atoms with Gasteiger partial charge in [0.05, 0.1) is 12.2 Å². The molecule has 8 nitrogen and oxygen atoms in total. The van der Waals surface area contributed by atoms with Crippen molar-refractivity contribution in [3.05, 3.63) is 66.4 Å². The van der Waals surface area contributed by atoms with E-state index >= 15 is 0 Å². The van der Waals surface area contributed by atoms with Crippen molar-refractivity contribution < 1.29 is 19.0 Å². The van der Waals surface area contributed by atoms with Crippen LogP contribution in [0.25, 0.3) is 11.3 Å². The Labute approximate surface area is 217 Å². The third kappa shape index (κ3) is 6.39. The molecule has 0 saturated carbocycles. The molecule has 2 aromatic carbocycles. The number of rotatable bonds is 8. The molecule has 1 atom stereocenters. The van der Waals surface area contributed by atoms with Gasteiger partial charge in [-0.1, -0.05) is 18.2 Å². The zero-order chi connectivity index (χ0) is 25.6. The number of hydrogen-bond donors (Lipinski definition) is 2. The molecule has 5 rings (SSSR count). The molecule has 2 aliphatic rings. The van der Waals surface area contributed by atoms with E-state index in [4.69, 9.17) is 14.2 Å². The van der Waals surface area contributed by atoms with Gasteiger partial charge in [-0.15, -0.1) is 0 Å². The predicted octanol–water partition coefficient (Wildman–Crippen LogP) is 4.24. The number of benzene rings is 2. The van der Waals surface area contributed by atoms with Crippen molar-refractivity contribution in [3.8, 4) is 22.8 Å². The SMILES string of the molecule is CN(C)Cc1cccc(Nc2ccnc(-c3cccc4c3OC(CNC(=O)C3CCOCC3)CO4)c2)c1. The Kier molecular flexibility index (Phi) is 7.87. The number of hydrogen-bond acceptors (Lipinski definition) is 7. The van der Waals surface area contributed by atoms with Gasteiger partial charge in [0.1, 0.15) is 12.7 Å². The number of aromatic nitrogens is 1. The summed E-state index contributed by atoms with van der Waals surface area (Å²) < 4.78 is 17.7. The first-order valence-corrected chi connectivity index (χ1v) is 12.8. The van der Waals surface area contributed by atoms with Gasteiger partial charge in [0.2, 0.25) is 5.91 Å². The molecule has 1 amide bonds. The lowest BCUT2D eigenvalue weighted by Crippen LogP contribution is -2.43. The van der Waals surface area contributed by atoms with Crippen molar-refractivity contribution in [2.24, 2.45) is 5.92 Å². The minimum absolute atomic E-state index is 0.00382. The molecule has 0 bridgehead atoms. The van der Waals surface area contributed by atoms with E-state index in [-0.39, 0.29) is 17.9 Å². The molecule has 3 aromatic rings. The number of anilines is 2. The molecular weight excluding hydrogens is 468 g/mol. The highest BCUT2D eigenvalue weighted by Crippen LogP contribution is 2.40. The molecule has 0 spiro atoms. The summed E-state index contributed by atoms with van der Waals surface area (Å²) in [6, 6.07) is 18.2. The lowest BCUT2D eigenvalue weighted by Gasteiger charge is -2.29. The summed E-state index contributed by atoms with van der Waals surface area (Å²) in [7, 11) is 4.12. The highest BCUT2D eigenvalue weighted by molar-refractivity contribution is 5.79. The minimum Gasteiger partial charge on any atom is -0.486 e. The van der Waals surface area contributed by atoms with Crippen LogP contribution in [0.5, 0.6) is 11.5 Å². The van der Waals surface area contributed by atoms with Crippen molar-refractivity contribution in [2.45, 2.75) is 25.5 Å². The number of ether oxygens (including phenoxy) is 3. The maximum atomic E-state index is 12.6. The summed E-state index contributed by atoms with van der Waals surface area (Å²) in [4.78, 5) is 19.3. The summed E-state index contributed by atoms with van der Waals surface area (Å²) >= 11 is 0. The highest BCUT2D eigenvalue weighted by Gasteiger charge is 2.27. The van der Waals surface area contributed by atoms with Gasteiger partial charge in [-0.2, -0.15) is 0 Å². The molecule has 8 heteroatoms. The first-order chi connectivity index (χ1) is 18.0. The van der Waals surface area contributed by atoms with E-state index in [0.29, 0.717) is 37.9 Å². The third-order valence-corrected chi connectivity index (χ3v) is 6.53. The number of pyridine rings is 1. The quantitative estimate of drug-likeness (QED) is 0.477. The molecule has 3 heterocycles. The van der Waals surface area contributed by atoms with Crippen molar-refractivity contribution in [2.75, 3.05) is 45.8 Å². The Bertz CT molecular complexity index is 1230. The normalized spacial score (nSPS) is 17.4. The van der Waals surface area contributed by atoms with E-state index in [2.05, 4.69) is 58.9 Å². The first-order valence-electron chi connectivity index (χ1n) is 12.8. The van der Waals surface area contributed by atoms with Gasteiger partial charge in [0.15, 0.2) is 11.5 Å². The Morgan fingerprint density at radius 3 is 2.70 bits per heavy atom. The highest BCUT2D eigenvalue weighted by atomic mass is 16.6. The van der Waals surface area contributed by atoms with Gasteiger partial charge in [-0.25, -0.2) is 0 Å². The van der Waals surface area contributed by atoms with E-state index in [1.54, 1.807) is 6.20 Å². The molecule has 2 aliphatic heterocycles. The molecule has 1 aromatic heterocycles. The lowest BCUT2D eigenvalue weighted by atomic mass is 9.99. The number of carbonyl (C=O) groups is 1. The summed E-state index contributed by atoms with van der Waals surface area (Å²) in [5.74, 6) is 1.39. The van der Waals surface area contributed by atoms with Gasteiger partial charge in [-0.3, -0.25) is 9.78 Å². The van der Waals surface area contributed by atoms with E-state index in [9.17, 15) is 4.79 Å². The van der Waals surface area contributed by atoms with Crippen LogP contribution in [-0.4, -0.2) is 62.4 Å². The van der Waals surface area contributed by atoms with Crippen LogP contribution in [0.2, 0.25) is 0 Å². The zero-order valence-electron chi connectivity index (χ0n) is 21.4. The van der Waals surface area contributed by atoms with E-state index < -0.39 is 0 Å². The summed E-state index contributed by atoms with van der Waals surface area (Å²) in [6.07, 6.45) is 3.03. The second-order valence-electron chi connectivity index (χ2n) is 9.81. The number of nitrogens with one attached hydrogen (secondary N) is 2. The zero-order valence-corrected chi connectivity index (χ0v) is 21.4. The van der Waals surface area contributed by atoms with Crippen molar-refractivity contribution in [1.82, 2.24) is 15.2 Å². The lowest BCUT2D eigenvalue weighted by molar-refractivity contribution is -0.128. The van der Waals surface area contributed by atoms with Crippen molar-refractivity contribution in [1.29, 1.82) is 0 Å². The number of amides is 1. The Morgan fingerprint density at radius 2 is 1.86 bits per heavy atom. The number of fused-ring (bicyclic) bond motifs is 1. The standard InChI is InChI=1S/C29H34N4O4/c1-33(2)18-20-5-3-6-22(15-20)32-23-9-12-30-26(16-23)25-7-4-8-27-28(25)37-24(19-36-27)17-31-29(34)21-10-13-35-14-11-21/h3-9,12,15-16,21,24H,10-11,13-14,17-19H2,1-2H3,(H,30,32)(H,31,34).